The zero-order valence-electron chi connectivity index (χ0n) is 19.2. The van der Waals surface area contributed by atoms with Crippen molar-refractivity contribution in [2.45, 2.75) is 39.1 Å². The summed E-state index contributed by atoms with van der Waals surface area (Å²) < 4.78 is 12.1. The van der Waals surface area contributed by atoms with Gasteiger partial charge in [-0.15, -0.1) is 0 Å². The largest absolute Gasteiger partial charge is 0.486 e. The predicted molar refractivity (Wildman–Crippen MR) is 132 cm³/mol. The lowest BCUT2D eigenvalue weighted by atomic mass is 9.87. The Hall–Kier alpha value is -3.48. The Bertz CT molecular complexity index is 1300. The van der Waals surface area contributed by atoms with E-state index in [4.69, 9.17) is 21.1 Å². The molecule has 1 N–H and O–H groups in total. The van der Waals surface area contributed by atoms with E-state index in [0.717, 1.165) is 21.9 Å². The van der Waals surface area contributed by atoms with Gasteiger partial charge in [-0.25, -0.2) is 14.8 Å². The number of hydrogen-bond donors (Lipinski definition) is 1. The van der Waals surface area contributed by atoms with Crippen LogP contribution in [0.5, 0.6) is 5.75 Å². The summed E-state index contributed by atoms with van der Waals surface area (Å²) in [6, 6.07) is 17.2. The molecule has 6 nitrogen and oxygen atoms in total. The summed E-state index contributed by atoms with van der Waals surface area (Å²) in [4.78, 5) is 20.5. The van der Waals surface area contributed by atoms with Gasteiger partial charge in [0.1, 0.15) is 12.9 Å². The number of aliphatic carboxylic acids is 1. The Labute approximate surface area is 203 Å². The molecule has 34 heavy (non-hydrogen) atoms. The van der Waals surface area contributed by atoms with E-state index in [1.54, 1.807) is 24.5 Å². The molecule has 0 bridgehead atoms. The van der Waals surface area contributed by atoms with Crippen LogP contribution in [-0.4, -0.2) is 26.6 Å². The van der Waals surface area contributed by atoms with Crippen molar-refractivity contribution in [3.05, 3.63) is 89.5 Å². The van der Waals surface area contributed by atoms with Gasteiger partial charge in [-0.05, 0) is 66.4 Å². The molecule has 7 heteroatoms. The molecule has 3 aromatic carbocycles. The second-order valence-corrected chi connectivity index (χ2v) is 9.30. The zero-order valence-corrected chi connectivity index (χ0v) is 19.9. The number of rotatable bonds is 7. The van der Waals surface area contributed by atoms with Crippen LogP contribution in [-0.2, 0) is 16.1 Å². The number of halogens is 1. The number of carbonyl (C=O) groups is 1. The zero-order chi connectivity index (χ0) is 24.3. The average Bonchev–Trinajstić information content (AvgIpc) is 2.81. The van der Waals surface area contributed by atoms with Crippen LogP contribution in [0.25, 0.3) is 21.9 Å². The smallest absolute Gasteiger partial charge is 0.337 e. The molecule has 0 aliphatic rings. The maximum absolute atomic E-state index is 12.6. The number of carboxylic acid groups (broad SMARTS) is 1. The number of fused-ring (bicyclic) bond motifs is 1. The highest BCUT2D eigenvalue weighted by atomic mass is 35.5. The second kappa shape index (κ2) is 9.79. The molecular weight excluding hydrogens is 452 g/mol. The molecule has 0 aliphatic heterocycles. The highest BCUT2D eigenvalue weighted by Gasteiger charge is 2.32. The summed E-state index contributed by atoms with van der Waals surface area (Å²) in [5.74, 6) is -0.594. The Balaban J connectivity index is 1.99. The van der Waals surface area contributed by atoms with E-state index in [1.807, 2.05) is 63.2 Å². The van der Waals surface area contributed by atoms with Gasteiger partial charge in [0.05, 0.1) is 18.0 Å². The maximum atomic E-state index is 12.6. The van der Waals surface area contributed by atoms with E-state index in [1.165, 1.54) is 6.33 Å². The monoisotopic (exact) mass is 476 g/mol. The van der Waals surface area contributed by atoms with Gasteiger partial charge in [0.2, 0.25) is 0 Å². The van der Waals surface area contributed by atoms with Crippen molar-refractivity contribution < 1.29 is 19.4 Å². The lowest BCUT2D eigenvalue weighted by Crippen LogP contribution is -2.28. The van der Waals surface area contributed by atoms with Crippen LogP contribution >= 0.6 is 11.6 Å². The molecule has 4 rings (SSSR count). The van der Waals surface area contributed by atoms with Gasteiger partial charge in [-0.2, -0.15) is 0 Å². The first-order valence-corrected chi connectivity index (χ1v) is 11.2. The van der Waals surface area contributed by atoms with E-state index in [9.17, 15) is 9.90 Å². The van der Waals surface area contributed by atoms with Crippen LogP contribution in [0.3, 0.4) is 0 Å². The van der Waals surface area contributed by atoms with Gasteiger partial charge in [-0.1, -0.05) is 48.0 Å². The first-order valence-electron chi connectivity index (χ1n) is 10.8. The molecule has 0 saturated carbocycles. The third-order valence-electron chi connectivity index (χ3n) is 5.20. The van der Waals surface area contributed by atoms with Gasteiger partial charge >= 0.3 is 5.97 Å². The fourth-order valence-corrected chi connectivity index (χ4v) is 4.00. The van der Waals surface area contributed by atoms with E-state index in [2.05, 4.69) is 9.97 Å². The van der Waals surface area contributed by atoms with E-state index in [-0.39, 0.29) is 6.61 Å². The topological polar surface area (TPSA) is 81.5 Å². The summed E-state index contributed by atoms with van der Waals surface area (Å²) in [5, 5.41) is 12.7. The van der Waals surface area contributed by atoms with Crippen LogP contribution in [0, 0.1) is 0 Å². The molecule has 1 heterocycles. The van der Waals surface area contributed by atoms with Gasteiger partial charge in [0.25, 0.3) is 0 Å². The molecule has 4 aromatic rings. The normalized spacial score (nSPS) is 12.5. The lowest BCUT2D eigenvalue weighted by Gasteiger charge is -2.29. The molecule has 0 fully saturated rings. The van der Waals surface area contributed by atoms with Crippen LogP contribution < -0.4 is 4.74 Å². The first-order chi connectivity index (χ1) is 16.2. The van der Waals surface area contributed by atoms with Crippen molar-refractivity contribution in [2.75, 3.05) is 0 Å². The molecular formula is C27H25ClN2O4. The van der Waals surface area contributed by atoms with E-state index < -0.39 is 17.7 Å². The number of aromatic nitrogens is 2. The van der Waals surface area contributed by atoms with Gasteiger partial charge in [0, 0.05) is 10.6 Å². The standard InChI is InChI=1S/C27H25ClN2O4/c1-27(2,3)34-25(26(31)32)24-19(15-33-21-13-29-16-30-14-21)12-18-6-4-5-7-22(18)23(24)17-8-10-20(28)11-9-17/h4-14,16,25H,15H2,1-3H3,(H,31,32)/t25-/m0/s1. The minimum absolute atomic E-state index is 0.116. The number of benzene rings is 3. The van der Waals surface area contributed by atoms with Crippen molar-refractivity contribution in [2.24, 2.45) is 0 Å². The molecule has 0 radical (unpaired) electrons. The average molecular weight is 477 g/mol. The quantitative estimate of drug-likeness (QED) is 0.329. The Morgan fingerprint density at radius 2 is 1.74 bits per heavy atom. The van der Waals surface area contributed by atoms with Crippen LogP contribution in [0.2, 0.25) is 5.02 Å². The highest BCUT2D eigenvalue weighted by molar-refractivity contribution is 6.30. The Morgan fingerprint density at radius 1 is 1.06 bits per heavy atom. The Kier molecular flexibility index (Phi) is 6.82. The third-order valence-corrected chi connectivity index (χ3v) is 5.45. The number of ether oxygens (including phenoxy) is 2. The van der Waals surface area contributed by atoms with Crippen molar-refractivity contribution in [3.8, 4) is 16.9 Å². The van der Waals surface area contributed by atoms with Crippen LogP contribution in [0.15, 0.2) is 73.3 Å². The summed E-state index contributed by atoms with van der Waals surface area (Å²) >= 11 is 6.16. The fraction of sp³-hybridized carbons (Fsp3) is 0.222. The van der Waals surface area contributed by atoms with Crippen molar-refractivity contribution >= 4 is 28.3 Å². The summed E-state index contributed by atoms with van der Waals surface area (Å²) in [7, 11) is 0. The van der Waals surface area contributed by atoms with Crippen LogP contribution in [0.4, 0.5) is 0 Å². The Morgan fingerprint density at radius 3 is 2.38 bits per heavy atom. The molecule has 0 spiro atoms. The second-order valence-electron chi connectivity index (χ2n) is 8.86. The highest BCUT2D eigenvalue weighted by Crippen LogP contribution is 2.41. The molecule has 1 atom stereocenters. The SMILES string of the molecule is CC(C)(C)O[C@H](C(=O)O)c1c(COc2cncnc2)cc2ccccc2c1-c1ccc(Cl)cc1. The van der Waals surface area contributed by atoms with Gasteiger partial charge in [0.15, 0.2) is 11.9 Å². The molecule has 0 saturated heterocycles. The van der Waals surface area contributed by atoms with Crippen molar-refractivity contribution in [3.63, 3.8) is 0 Å². The van der Waals surface area contributed by atoms with E-state index >= 15 is 0 Å². The van der Waals surface area contributed by atoms with Crippen molar-refractivity contribution in [1.29, 1.82) is 0 Å². The van der Waals surface area contributed by atoms with Crippen molar-refractivity contribution in [1.82, 2.24) is 9.97 Å². The summed E-state index contributed by atoms with van der Waals surface area (Å²) in [6.07, 6.45) is 3.33. The minimum atomic E-state index is -1.22. The fourth-order valence-electron chi connectivity index (χ4n) is 3.88. The predicted octanol–water partition coefficient (Wildman–Crippen LogP) is 6.47. The molecule has 1 aromatic heterocycles. The van der Waals surface area contributed by atoms with Gasteiger partial charge in [-0.3, -0.25) is 0 Å². The molecule has 0 unspecified atom stereocenters. The summed E-state index contributed by atoms with van der Waals surface area (Å²) in [6.45, 7) is 5.63. The molecule has 0 amide bonds. The van der Waals surface area contributed by atoms with Crippen LogP contribution in [0.1, 0.15) is 38.0 Å². The summed E-state index contributed by atoms with van der Waals surface area (Å²) in [5.41, 5.74) is 2.15. The number of carboxylic acids is 1. The molecule has 174 valence electrons. The van der Waals surface area contributed by atoms with E-state index in [0.29, 0.717) is 21.9 Å². The number of nitrogens with zero attached hydrogens (tertiary/aromatic N) is 2. The van der Waals surface area contributed by atoms with Gasteiger partial charge < -0.3 is 14.6 Å². The lowest BCUT2D eigenvalue weighted by molar-refractivity contribution is -0.160. The maximum Gasteiger partial charge on any atom is 0.337 e. The minimum Gasteiger partial charge on any atom is -0.486 e. The number of hydrogen-bond acceptors (Lipinski definition) is 5. The first kappa shape index (κ1) is 23.7. The molecule has 0 aliphatic carbocycles. The third kappa shape index (κ3) is 5.35.